The molecule has 1 heterocycles. The number of fused-ring (bicyclic) bond motifs is 1. The highest BCUT2D eigenvalue weighted by Gasteiger charge is 2.14. The molecule has 0 aliphatic carbocycles. The van der Waals surface area contributed by atoms with Gasteiger partial charge in [0.1, 0.15) is 5.52 Å². The van der Waals surface area contributed by atoms with Gasteiger partial charge in [0.15, 0.2) is 5.75 Å². The topological polar surface area (TPSA) is 56.3 Å². The van der Waals surface area contributed by atoms with Gasteiger partial charge in [0.05, 0.1) is 5.75 Å². The lowest BCUT2D eigenvalue weighted by Gasteiger charge is -2.08. The quantitative estimate of drug-likeness (QED) is 0.780. The van der Waals surface area contributed by atoms with Crippen molar-refractivity contribution < 1.29 is 12.6 Å². The Bertz CT molecular complexity index is 632. The first-order chi connectivity index (χ1) is 8.62. The fourth-order valence-electron chi connectivity index (χ4n) is 1.64. The van der Waals surface area contributed by atoms with Crippen LogP contribution in [-0.4, -0.2) is 19.2 Å². The van der Waals surface area contributed by atoms with Gasteiger partial charge in [-0.15, -0.1) is 0 Å². The van der Waals surface area contributed by atoms with Gasteiger partial charge < -0.3 is 4.18 Å². The van der Waals surface area contributed by atoms with Gasteiger partial charge >= 0.3 is 10.1 Å². The van der Waals surface area contributed by atoms with Gasteiger partial charge in [0, 0.05) is 11.6 Å². The zero-order valence-electron chi connectivity index (χ0n) is 10.2. The highest BCUT2D eigenvalue weighted by molar-refractivity contribution is 7.87. The summed E-state index contributed by atoms with van der Waals surface area (Å²) in [7, 11) is -3.53. The zero-order valence-corrected chi connectivity index (χ0v) is 11.0. The highest BCUT2D eigenvalue weighted by Crippen LogP contribution is 2.24. The highest BCUT2D eigenvalue weighted by atomic mass is 32.2. The Labute approximate surface area is 107 Å². The molecule has 4 nitrogen and oxygen atoms in total. The van der Waals surface area contributed by atoms with Gasteiger partial charge in [-0.2, -0.15) is 8.42 Å². The molecule has 0 unspecified atom stereocenters. The lowest BCUT2D eigenvalue weighted by molar-refractivity contribution is 0.486. The van der Waals surface area contributed by atoms with Crippen LogP contribution < -0.4 is 4.18 Å². The third kappa shape index (κ3) is 2.98. The summed E-state index contributed by atoms with van der Waals surface area (Å²) in [6.07, 6.45) is 3.03. The SMILES string of the molecule is CCCCS(=O)(=O)Oc1cccc2cccnc12. The first-order valence-corrected chi connectivity index (χ1v) is 7.46. The Hall–Kier alpha value is -1.62. The molecule has 0 spiro atoms. The molecule has 0 saturated carbocycles. The minimum Gasteiger partial charge on any atom is -0.380 e. The van der Waals surface area contributed by atoms with Crippen LogP contribution in [0.4, 0.5) is 0 Å². The van der Waals surface area contributed by atoms with Crippen molar-refractivity contribution in [1.82, 2.24) is 4.98 Å². The Morgan fingerprint density at radius 2 is 2.00 bits per heavy atom. The second-order valence-corrected chi connectivity index (χ2v) is 5.72. The summed E-state index contributed by atoms with van der Waals surface area (Å²) < 4.78 is 28.6. The van der Waals surface area contributed by atoms with E-state index in [1.165, 1.54) is 0 Å². The van der Waals surface area contributed by atoms with E-state index in [0.717, 1.165) is 11.8 Å². The normalized spacial score (nSPS) is 11.6. The predicted molar refractivity (Wildman–Crippen MR) is 71.1 cm³/mol. The van der Waals surface area contributed by atoms with Crippen LogP contribution in [0.3, 0.4) is 0 Å². The largest absolute Gasteiger partial charge is 0.380 e. The van der Waals surface area contributed by atoms with Crippen molar-refractivity contribution in [3.63, 3.8) is 0 Å². The second-order valence-electron chi connectivity index (χ2n) is 4.03. The van der Waals surface area contributed by atoms with Crippen LogP contribution in [-0.2, 0) is 10.1 Å². The summed E-state index contributed by atoms with van der Waals surface area (Å²) in [6.45, 7) is 1.94. The average Bonchev–Trinajstić information content (AvgIpc) is 2.37. The second kappa shape index (κ2) is 5.35. The molecule has 1 aromatic carbocycles. The van der Waals surface area contributed by atoms with Crippen molar-refractivity contribution in [2.75, 3.05) is 5.75 Å². The molecule has 0 radical (unpaired) electrons. The minimum absolute atomic E-state index is 0.0344. The van der Waals surface area contributed by atoms with E-state index in [1.54, 1.807) is 24.4 Å². The number of nitrogens with zero attached hydrogens (tertiary/aromatic N) is 1. The van der Waals surface area contributed by atoms with Gasteiger partial charge in [0.25, 0.3) is 0 Å². The molecular formula is C13H15NO3S. The molecule has 5 heteroatoms. The number of hydrogen-bond acceptors (Lipinski definition) is 4. The molecule has 0 bridgehead atoms. The molecule has 96 valence electrons. The summed E-state index contributed by atoms with van der Waals surface area (Å²) in [5.41, 5.74) is 0.570. The van der Waals surface area contributed by atoms with Crippen molar-refractivity contribution in [2.45, 2.75) is 19.8 Å². The van der Waals surface area contributed by atoms with Crippen LogP contribution in [0, 0.1) is 0 Å². The molecule has 0 atom stereocenters. The van der Waals surface area contributed by atoms with E-state index in [1.807, 2.05) is 19.1 Å². The van der Waals surface area contributed by atoms with Gasteiger partial charge in [-0.3, -0.25) is 4.98 Å². The predicted octanol–water partition coefficient (Wildman–Crippen LogP) is 2.74. The molecule has 0 fully saturated rings. The third-order valence-corrected chi connectivity index (χ3v) is 3.78. The zero-order chi connectivity index (χ0) is 13.0. The fraction of sp³-hybridized carbons (Fsp3) is 0.308. The standard InChI is InChI=1S/C13H15NO3S/c1-2-3-10-18(15,16)17-12-8-4-6-11-7-5-9-14-13(11)12/h4-9H,2-3,10H2,1H3. The Morgan fingerprint density at radius 1 is 1.22 bits per heavy atom. The molecular weight excluding hydrogens is 250 g/mol. The van der Waals surface area contributed by atoms with Crippen LogP contribution in [0.2, 0.25) is 0 Å². The molecule has 1 aromatic heterocycles. The van der Waals surface area contributed by atoms with Gasteiger partial charge in [-0.1, -0.05) is 31.5 Å². The number of aromatic nitrogens is 1. The van der Waals surface area contributed by atoms with E-state index in [4.69, 9.17) is 4.18 Å². The van der Waals surface area contributed by atoms with Crippen LogP contribution >= 0.6 is 0 Å². The number of pyridine rings is 1. The first-order valence-electron chi connectivity index (χ1n) is 5.88. The van der Waals surface area contributed by atoms with Crippen molar-refractivity contribution in [1.29, 1.82) is 0 Å². The Balaban J connectivity index is 2.32. The summed E-state index contributed by atoms with van der Waals surface area (Å²) in [6, 6.07) is 8.92. The lowest BCUT2D eigenvalue weighted by atomic mass is 10.2. The van der Waals surface area contributed by atoms with Gasteiger partial charge in [0.2, 0.25) is 0 Å². The summed E-state index contributed by atoms with van der Waals surface area (Å²) in [5, 5.41) is 0.862. The minimum atomic E-state index is -3.53. The molecule has 2 aromatic rings. The monoisotopic (exact) mass is 265 g/mol. The summed E-state index contributed by atoms with van der Waals surface area (Å²) in [5.74, 6) is 0.330. The summed E-state index contributed by atoms with van der Waals surface area (Å²) >= 11 is 0. The van der Waals surface area contributed by atoms with Crippen molar-refractivity contribution >= 4 is 21.0 Å². The Morgan fingerprint density at radius 3 is 2.78 bits per heavy atom. The maximum atomic E-state index is 11.8. The number of para-hydroxylation sites is 1. The lowest BCUT2D eigenvalue weighted by Crippen LogP contribution is -2.13. The van der Waals surface area contributed by atoms with Gasteiger partial charge in [-0.25, -0.2) is 0 Å². The van der Waals surface area contributed by atoms with Crippen LogP contribution in [0.15, 0.2) is 36.5 Å². The summed E-state index contributed by atoms with van der Waals surface area (Å²) in [4.78, 5) is 4.16. The maximum absolute atomic E-state index is 11.8. The number of rotatable bonds is 5. The average molecular weight is 265 g/mol. The van der Waals surface area contributed by atoms with E-state index >= 15 is 0 Å². The van der Waals surface area contributed by atoms with E-state index in [0.29, 0.717) is 17.7 Å². The van der Waals surface area contributed by atoms with E-state index < -0.39 is 10.1 Å². The van der Waals surface area contributed by atoms with Crippen LogP contribution in [0.1, 0.15) is 19.8 Å². The number of hydrogen-bond donors (Lipinski definition) is 0. The molecule has 0 aliphatic heterocycles. The maximum Gasteiger partial charge on any atom is 0.309 e. The van der Waals surface area contributed by atoms with E-state index in [-0.39, 0.29) is 5.75 Å². The number of benzene rings is 1. The van der Waals surface area contributed by atoms with Crippen molar-refractivity contribution in [3.8, 4) is 5.75 Å². The van der Waals surface area contributed by atoms with E-state index in [2.05, 4.69) is 4.98 Å². The van der Waals surface area contributed by atoms with Crippen LogP contribution in [0.25, 0.3) is 10.9 Å². The molecule has 2 rings (SSSR count). The number of unbranched alkanes of at least 4 members (excludes halogenated alkanes) is 1. The third-order valence-electron chi connectivity index (χ3n) is 2.56. The molecule has 0 saturated heterocycles. The first kappa shape index (κ1) is 12.8. The Kier molecular flexibility index (Phi) is 3.81. The molecule has 0 N–H and O–H groups in total. The van der Waals surface area contributed by atoms with Crippen molar-refractivity contribution in [3.05, 3.63) is 36.5 Å². The molecule has 0 aliphatic rings. The fourth-order valence-corrected chi connectivity index (χ4v) is 2.78. The smallest absolute Gasteiger partial charge is 0.309 e. The van der Waals surface area contributed by atoms with Gasteiger partial charge in [-0.05, 0) is 18.6 Å². The van der Waals surface area contributed by atoms with Crippen molar-refractivity contribution in [2.24, 2.45) is 0 Å². The molecule has 18 heavy (non-hydrogen) atoms. The van der Waals surface area contributed by atoms with E-state index in [9.17, 15) is 8.42 Å². The molecule has 0 amide bonds. The van der Waals surface area contributed by atoms with Crippen LogP contribution in [0.5, 0.6) is 5.75 Å².